The van der Waals surface area contributed by atoms with E-state index in [4.69, 9.17) is 10.4 Å². The number of hydrogen-bond acceptors (Lipinski definition) is 5. The molecule has 16 heavy (non-hydrogen) atoms. The first-order chi connectivity index (χ1) is 7.43. The van der Waals surface area contributed by atoms with Crippen LogP contribution >= 0.6 is 0 Å². The maximum absolute atomic E-state index is 10.7. The summed E-state index contributed by atoms with van der Waals surface area (Å²) in [4.78, 5) is -0.198. The standard InChI is InChI=1S/C8H10N4O3S/c1-6(10-9)11-12-7-2-4-8(5-3-7)16(13,14)15/h2-5H,9H2,1H3,(H,13,14,15)/b10-6+,12-11?. The van der Waals surface area contributed by atoms with Crippen molar-refractivity contribution in [3.05, 3.63) is 24.3 Å². The molecule has 0 fully saturated rings. The summed E-state index contributed by atoms with van der Waals surface area (Å²) < 4.78 is 30.2. The molecule has 0 atom stereocenters. The minimum Gasteiger partial charge on any atom is -0.321 e. The van der Waals surface area contributed by atoms with Crippen LogP contribution in [-0.4, -0.2) is 18.8 Å². The Labute approximate surface area is 92.4 Å². The highest BCUT2D eigenvalue weighted by Gasteiger charge is 2.07. The molecule has 0 saturated heterocycles. The molecule has 3 N–H and O–H groups in total. The molecule has 7 nitrogen and oxygen atoms in total. The van der Waals surface area contributed by atoms with E-state index in [-0.39, 0.29) is 4.90 Å². The van der Waals surface area contributed by atoms with E-state index in [2.05, 4.69) is 15.3 Å². The van der Waals surface area contributed by atoms with Gasteiger partial charge in [-0.15, -0.1) is 10.2 Å². The van der Waals surface area contributed by atoms with Crippen LogP contribution in [0, 0.1) is 0 Å². The van der Waals surface area contributed by atoms with Crippen LogP contribution in [0.3, 0.4) is 0 Å². The van der Waals surface area contributed by atoms with Crippen LogP contribution in [0.5, 0.6) is 0 Å². The van der Waals surface area contributed by atoms with E-state index in [1.54, 1.807) is 6.92 Å². The summed E-state index contributed by atoms with van der Waals surface area (Å²) in [5, 5.41) is 10.7. The zero-order chi connectivity index (χ0) is 12.2. The Morgan fingerprint density at radius 1 is 1.31 bits per heavy atom. The van der Waals surface area contributed by atoms with E-state index in [0.717, 1.165) is 0 Å². The van der Waals surface area contributed by atoms with Crippen LogP contribution < -0.4 is 5.84 Å². The molecule has 1 rings (SSSR count). The van der Waals surface area contributed by atoms with E-state index in [0.29, 0.717) is 11.5 Å². The summed E-state index contributed by atoms with van der Waals surface area (Å²) >= 11 is 0. The SMILES string of the molecule is C/C(N=Nc1ccc(S(=O)(=O)O)cc1)=N\N. The fourth-order valence-electron chi connectivity index (χ4n) is 0.841. The normalized spacial score (nSPS) is 13.2. The van der Waals surface area contributed by atoms with Gasteiger partial charge in [0.05, 0.1) is 10.6 Å². The molecule has 0 saturated carbocycles. The summed E-state index contributed by atoms with van der Waals surface area (Å²) in [6.07, 6.45) is 0. The van der Waals surface area contributed by atoms with Crippen molar-refractivity contribution in [1.29, 1.82) is 0 Å². The van der Waals surface area contributed by atoms with Gasteiger partial charge in [0.1, 0.15) is 0 Å². The third-order valence-electron chi connectivity index (χ3n) is 1.63. The average Bonchev–Trinajstić information content (AvgIpc) is 2.25. The third-order valence-corrected chi connectivity index (χ3v) is 2.50. The van der Waals surface area contributed by atoms with Crippen LogP contribution in [0.1, 0.15) is 6.92 Å². The number of benzene rings is 1. The van der Waals surface area contributed by atoms with E-state index in [9.17, 15) is 8.42 Å². The lowest BCUT2D eigenvalue weighted by atomic mass is 10.3. The Bertz CT molecular complexity index is 519. The minimum atomic E-state index is -4.17. The minimum absolute atomic E-state index is 0.198. The molecule has 0 heterocycles. The summed E-state index contributed by atoms with van der Waals surface area (Å²) in [6.45, 7) is 1.57. The van der Waals surface area contributed by atoms with Gasteiger partial charge in [-0.3, -0.25) is 4.55 Å². The van der Waals surface area contributed by atoms with Gasteiger partial charge in [0, 0.05) is 0 Å². The first-order valence-corrected chi connectivity index (χ1v) is 5.61. The fourth-order valence-corrected chi connectivity index (χ4v) is 1.32. The molecule has 0 spiro atoms. The Morgan fingerprint density at radius 2 is 1.88 bits per heavy atom. The molecule has 0 aliphatic carbocycles. The zero-order valence-electron chi connectivity index (χ0n) is 8.40. The maximum atomic E-state index is 10.7. The topological polar surface area (TPSA) is 117 Å². The van der Waals surface area contributed by atoms with Crippen molar-refractivity contribution < 1.29 is 13.0 Å². The number of hydrazone groups is 1. The van der Waals surface area contributed by atoms with Crippen molar-refractivity contribution in [2.45, 2.75) is 11.8 Å². The van der Waals surface area contributed by atoms with Gasteiger partial charge < -0.3 is 5.84 Å². The van der Waals surface area contributed by atoms with Crippen molar-refractivity contribution in [2.24, 2.45) is 21.2 Å². The number of rotatable bonds is 2. The van der Waals surface area contributed by atoms with E-state index < -0.39 is 10.1 Å². The molecule has 0 unspecified atom stereocenters. The second kappa shape index (κ2) is 4.81. The van der Waals surface area contributed by atoms with E-state index in [1.807, 2.05) is 0 Å². The predicted molar refractivity (Wildman–Crippen MR) is 58.1 cm³/mol. The molecule has 0 amide bonds. The lowest BCUT2D eigenvalue weighted by molar-refractivity contribution is 0.483. The largest absolute Gasteiger partial charge is 0.321 e. The molecule has 1 aromatic rings. The van der Waals surface area contributed by atoms with Crippen LogP contribution in [0.4, 0.5) is 5.69 Å². The van der Waals surface area contributed by atoms with Gasteiger partial charge in [-0.2, -0.15) is 13.5 Å². The van der Waals surface area contributed by atoms with Crippen molar-refractivity contribution in [1.82, 2.24) is 0 Å². The quantitative estimate of drug-likeness (QED) is 0.203. The number of hydrogen-bond donors (Lipinski definition) is 2. The molecule has 0 aliphatic heterocycles. The molecular formula is C8H10N4O3S. The summed E-state index contributed by atoms with van der Waals surface area (Å²) in [5.41, 5.74) is 0.426. The summed E-state index contributed by atoms with van der Waals surface area (Å²) in [6, 6.07) is 5.24. The first-order valence-electron chi connectivity index (χ1n) is 4.17. The van der Waals surface area contributed by atoms with Gasteiger partial charge >= 0.3 is 0 Å². The molecule has 0 radical (unpaired) electrons. The molecular weight excluding hydrogens is 232 g/mol. The summed E-state index contributed by atoms with van der Waals surface area (Å²) in [5.74, 6) is 5.23. The molecule has 0 bridgehead atoms. The highest BCUT2D eigenvalue weighted by atomic mass is 32.2. The number of nitrogens with two attached hydrogens (primary N) is 1. The van der Waals surface area contributed by atoms with Gasteiger partial charge in [-0.1, -0.05) is 0 Å². The predicted octanol–water partition coefficient (Wildman–Crippen LogP) is 1.31. The van der Waals surface area contributed by atoms with Crippen LogP contribution in [0.15, 0.2) is 44.5 Å². The smallest absolute Gasteiger partial charge is 0.294 e. The number of amidine groups is 1. The molecule has 0 aromatic heterocycles. The maximum Gasteiger partial charge on any atom is 0.294 e. The van der Waals surface area contributed by atoms with E-state index in [1.165, 1.54) is 24.3 Å². The highest BCUT2D eigenvalue weighted by molar-refractivity contribution is 7.85. The molecule has 86 valence electrons. The zero-order valence-corrected chi connectivity index (χ0v) is 9.22. The van der Waals surface area contributed by atoms with Gasteiger partial charge in [-0.05, 0) is 31.2 Å². The van der Waals surface area contributed by atoms with Crippen molar-refractivity contribution in [3.63, 3.8) is 0 Å². The van der Waals surface area contributed by atoms with Crippen LogP contribution in [0.25, 0.3) is 0 Å². The Kier molecular flexibility index (Phi) is 3.69. The molecule has 8 heteroatoms. The molecule has 0 aliphatic rings. The van der Waals surface area contributed by atoms with Crippen LogP contribution in [0.2, 0.25) is 0 Å². The van der Waals surface area contributed by atoms with Gasteiger partial charge in [-0.25, -0.2) is 0 Å². The van der Waals surface area contributed by atoms with Crippen molar-refractivity contribution in [2.75, 3.05) is 0 Å². The highest BCUT2D eigenvalue weighted by Crippen LogP contribution is 2.16. The van der Waals surface area contributed by atoms with Gasteiger partial charge in [0.25, 0.3) is 10.1 Å². The van der Waals surface area contributed by atoms with Crippen LogP contribution in [-0.2, 0) is 10.1 Å². The Balaban J connectivity index is 2.93. The van der Waals surface area contributed by atoms with Gasteiger partial charge in [0.2, 0.25) is 0 Å². The monoisotopic (exact) mass is 242 g/mol. The lowest BCUT2D eigenvalue weighted by Gasteiger charge is -1.96. The number of azo groups is 1. The molecule has 1 aromatic carbocycles. The fraction of sp³-hybridized carbons (Fsp3) is 0.125. The lowest BCUT2D eigenvalue weighted by Crippen LogP contribution is -1.96. The third kappa shape index (κ3) is 3.41. The average molecular weight is 242 g/mol. The van der Waals surface area contributed by atoms with Crippen molar-refractivity contribution in [3.8, 4) is 0 Å². The van der Waals surface area contributed by atoms with Gasteiger partial charge in [0.15, 0.2) is 5.84 Å². The number of nitrogens with zero attached hydrogens (tertiary/aromatic N) is 3. The second-order valence-corrected chi connectivity index (χ2v) is 4.27. The Hall–Kier alpha value is -1.80. The Morgan fingerprint density at radius 3 is 2.31 bits per heavy atom. The summed E-state index contributed by atoms with van der Waals surface area (Å²) in [7, 11) is -4.17. The van der Waals surface area contributed by atoms with E-state index >= 15 is 0 Å². The van der Waals surface area contributed by atoms with Crippen molar-refractivity contribution >= 4 is 21.6 Å². The first kappa shape index (κ1) is 12.3. The second-order valence-electron chi connectivity index (χ2n) is 2.85.